The van der Waals surface area contributed by atoms with E-state index in [1.807, 2.05) is 0 Å². The number of aromatic nitrogens is 4. The van der Waals surface area contributed by atoms with Crippen molar-refractivity contribution in [3.63, 3.8) is 0 Å². The number of pyridine rings is 1. The van der Waals surface area contributed by atoms with Crippen molar-refractivity contribution in [2.75, 3.05) is 24.7 Å². The van der Waals surface area contributed by atoms with E-state index in [0.29, 0.717) is 6.42 Å². The molecule has 1 aliphatic rings. The van der Waals surface area contributed by atoms with Gasteiger partial charge in [-0.2, -0.15) is 4.31 Å². The Morgan fingerprint density at radius 2 is 2.07 bits per heavy atom. The van der Waals surface area contributed by atoms with Gasteiger partial charge in [0.2, 0.25) is 16.0 Å². The van der Waals surface area contributed by atoms with Gasteiger partial charge in [0, 0.05) is 25.4 Å². The second kappa shape index (κ2) is 7.28. The summed E-state index contributed by atoms with van der Waals surface area (Å²) in [6, 6.07) is 3.27. The lowest BCUT2D eigenvalue weighted by molar-refractivity contribution is 0.0950. The maximum absolute atomic E-state index is 14.3. The molecule has 4 rings (SSSR count). The molecule has 29 heavy (non-hydrogen) atoms. The fourth-order valence-corrected chi connectivity index (χ4v) is 4.16. The maximum atomic E-state index is 14.3. The maximum Gasteiger partial charge on any atom is 0.241 e. The highest BCUT2D eigenvalue weighted by Gasteiger charge is 2.32. The molecule has 1 aliphatic heterocycles. The van der Waals surface area contributed by atoms with Gasteiger partial charge >= 0.3 is 0 Å². The number of nitrogens with one attached hydrogen (secondary N) is 1. The summed E-state index contributed by atoms with van der Waals surface area (Å²) in [5, 5.41) is 17.5. The summed E-state index contributed by atoms with van der Waals surface area (Å²) in [5.41, 5.74) is 0.106. The summed E-state index contributed by atoms with van der Waals surface area (Å²) in [4.78, 5) is 8.01. The van der Waals surface area contributed by atoms with Gasteiger partial charge in [0.05, 0.1) is 30.3 Å². The first-order valence-corrected chi connectivity index (χ1v) is 10.6. The van der Waals surface area contributed by atoms with E-state index in [1.54, 1.807) is 0 Å². The fourth-order valence-electron chi connectivity index (χ4n) is 3.30. The third kappa shape index (κ3) is 3.78. The van der Waals surface area contributed by atoms with Crippen LogP contribution in [0.1, 0.15) is 6.42 Å². The van der Waals surface area contributed by atoms with E-state index in [4.69, 9.17) is 0 Å². The zero-order chi connectivity index (χ0) is 20.8. The van der Waals surface area contributed by atoms with Crippen LogP contribution in [0.2, 0.25) is 0 Å². The van der Waals surface area contributed by atoms with Crippen LogP contribution >= 0.6 is 0 Å². The number of fused-ring (bicyclic) bond motifs is 1. The molecule has 9 nitrogen and oxygen atoms in total. The molecular weight excluding hydrogens is 406 g/mol. The average Bonchev–Trinajstić information content (AvgIpc) is 2.99. The molecule has 3 aromatic heterocycles. The van der Waals surface area contributed by atoms with E-state index in [9.17, 15) is 22.3 Å². The first-order valence-electron chi connectivity index (χ1n) is 8.79. The Morgan fingerprint density at radius 1 is 1.28 bits per heavy atom. The molecular formula is C17H18F2N6O3S. The first-order chi connectivity index (χ1) is 13.7. The van der Waals surface area contributed by atoms with E-state index in [-0.39, 0.29) is 35.9 Å². The summed E-state index contributed by atoms with van der Waals surface area (Å²) in [7, 11) is -3.40. The van der Waals surface area contributed by atoms with Crippen LogP contribution in [0.4, 0.5) is 14.7 Å². The van der Waals surface area contributed by atoms with Crippen molar-refractivity contribution in [2.45, 2.75) is 18.6 Å². The number of β-amino-alcohol motifs (C(OH)–C–C–N with tert-alkyl or cyclic N) is 1. The average molecular weight is 424 g/mol. The molecule has 0 bridgehead atoms. The third-order valence-electron chi connectivity index (χ3n) is 4.80. The quantitative estimate of drug-likeness (QED) is 0.639. The summed E-state index contributed by atoms with van der Waals surface area (Å²) in [6.07, 6.45) is 3.07. The van der Waals surface area contributed by atoms with Crippen molar-refractivity contribution in [1.82, 2.24) is 23.9 Å². The minimum absolute atomic E-state index is 0.0445. The van der Waals surface area contributed by atoms with E-state index in [2.05, 4.69) is 20.4 Å². The number of sulfonamides is 1. The molecule has 0 saturated carbocycles. The monoisotopic (exact) mass is 424 g/mol. The zero-order valence-electron chi connectivity index (χ0n) is 15.3. The number of aliphatic hydroxyl groups excluding tert-OH is 1. The van der Waals surface area contributed by atoms with Crippen LogP contribution < -0.4 is 5.32 Å². The van der Waals surface area contributed by atoms with E-state index in [1.165, 1.54) is 33.3 Å². The summed E-state index contributed by atoms with van der Waals surface area (Å²) in [5.74, 6) is -1.16. The number of hydrogen-bond acceptors (Lipinski definition) is 7. The van der Waals surface area contributed by atoms with Gasteiger partial charge in [-0.3, -0.25) is 4.98 Å². The van der Waals surface area contributed by atoms with Gasteiger partial charge < -0.3 is 10.4 Å². The molecule has 4 heterocycles. The topological polar surface area (TPSA) is 113 Å². The number of hydrogen-bond donors (Lipinski definition) is 2. The Balaban J connectivity index is 1.63. The SMILES string of the molecule is CS(=O)(=O)N1CC[C@@H](Nc2ncc3c(F)cc(-c4ncccc4F)n3n2)[C@H](O)C1. The number of rotatable bonds is 4. The van der Waals surface area contributed by atoms with Crippen LogP contribution in [-0.4, -0.2) is 68.9 Å². The molecule has 0 aromatic carbocycles. The van der Waals surface area contributed by atoms with Gasteiger partial charge in [-0.05, 0) is 18.6 Å². The van der Waals surface area contributed by atoms with Crippen LogP contribution in [0.25, 0.3) is 16.9 Å². The van der Waals surface area contributed by atoms with Crippen molar-refractivity contribution in [1.29, 1.82) is 0 Å². The highest BCUT2D eigenvalue weighted by Crippen LogP contribution is 2.25. The molecule has 0 unspecified atom stereocenters. The lowest BCUT2D eigenvalue weighted by Crippen LogP contribution is -2.51. The minimum Gasteiger partial charge on any atom is -0.390 e. The lowest BCUT2D eigenvalue weighted by atomic mass is 10.0. The smallest absolute Gasteiger partial charge is 0.241 e. The fraction of sp³-hybridized carbons (Fsp3) is 0.353. The molecule has 2 atom stereocenters. The van der Waals surface area contributed by atoms with Gasteiger partial charge in [0.1, 0.15) is 11.2 Å². The first kappa shape index (κ1) is 19.6. The standard InChI is InChI=1S/C17H18F2N6O3S/c1-29(27,28)24-6-4-12(15(26)9-24)22-17-21-8-14-11(19)7-13(25(14)23-17)16-10(18)3-2-5-20-16/h2-3,5,7-8,12,15,26H,4,6,9H2,1H3,(H,22,23)/t12-,15-/m1/s1. The summed E-state index contributed by atoms with van der Waals surface area (Å²) < 4.78 is 54.0. The second-order valence-electron chi connectivity index (χ2n) is 6.82. The number of anilines is 1. The van der Waals surface area contributed by atoms with Crippen LogP contribution in [0, 0.1) is 11.6 Å². The van der Waals surface area contributed by atoms with Crippen molar-refractivity contribution in [3.8, 4) is 11.4 Å². The van der Waals surface area contributed by atoms with Gasteiger partial charge in [0.15, 0.2) is 11.6 Å². The van der Waals surface area contributed by atoms with Crippen molar-refractivity contribution in [2.24, 2.45) is 0 Å². The van der Waals surface area contributed by atoms with Gasteiger partial charge in [-0.25, -0.2) is 26.7 Å². The van der Waals surface area contributed by atoms with Crippen molar-refractivity contribution >= 4 is 21.5 Å². The Hall–Kier alpha value is -2.70. The van der Waals surface area contributed by atoms with Crippen LogP contribution in [-0.2, 0) is 10.0 Å². The molecule has 2 N–H and O–H groups in total. The Morgan fingerprint density at radius 3 is 2.76 bits per heavy atom. The Labute approximate surface area is 165 Å². The Bertz CT molecular complexity index is 1170. The minimum atomic E-state index is -3.40. The highest BCUT2D eigenvalue weighted by atomic mass is 32.2. The van der Waals surface area contributed by atoms with Gasteiger partial charge in [-0.1, -0.05) is 0 Å². The van der Waals surface area contributed by atoms with Crippen LogP contribution in [0.5, 0.6) is 0 Å². The second-order valence-corrected chi connectivity index (χ2v) is 8.80. The van der Waals surface area contributed by atoms with E-state index >= 15 is 0 Å². The van der Waals surface area contributed by atoms with Crippen molar-refractivity contribution < 1.29 is 22.3 Å². The number of piperidine rings is 1. The van der Waals surface area contributed by atoms with Crippen LogP contribution in [0.15, 0.2) is 30.6 Å². The normalized spacial score (nSPS) is 20.8. The molecule has 12 heteroatoms. The molecule has 154 valence electrons. The highest BCUT2D eigenvalue weighted by molar-refractivity contribution is 7.88. The Kier molecular flexibility index (Phi) is 4.92. The number of aliphatic hydroxyl groups is 1. The number of nitrogens with zero attached hydrogens (tertiary/aromatic N) is 5. The predicted molar refractivity (Wildman–Crippen MR) is 101 cm³/mol. The summed E-state index contributed by atoms with van der Waals surface area (Å²) >= 11 is 0. The van der Waals surface area contributed by atoms with Gasteiger partial charge in [-0.15, -0.1) is 5.10 Å². The van der Waals surface area contributed by atoms with E-state index < -0.39 is 33.8 Å². The van der Waals surface area contributed by atoms with Crippen LogP contribution in [0.3, 0.4) is 0 Å². The molecule has 0 radical (unpaired) electrons. The molecule has 1 saturated heterocycles. The molecule has 3 aromatic rings. The molecule has 0 aliphatic carbocycles. The predicted octanol–water partition coefficient (Wildman–Crippen LogP) is 0.876. The van der Waals surface area contributed by atoms with E-state index in [0.717, 1.165) is 12.3 Å². The number of halogens is 2. The molecule has 0 amide bonds. The molecule has 0 spiro atoms. The zero-order valence-corrected chi connectivity index (χ0v) is 16.1. The largest absolute Gasteiger partial charge is 0.390 e. The van der Waals surface area contributed by atoms with Gasteiger partial charge in [0.25, 0.3) is 0 Å². The van der Waals surface area contributed by atoms with Crippen molar-refractivity contribution in [3.05, 3.63) is 42.2 Å². The third-order valence-corrected chi connectivity index (χ3v) is 6.07. The lowest BCUT2D eigenvalue weighted by Gasteiger charge is -2.34. The molecule has 1 fully saturated rings. The summed E-state index contributed by atoms with van der Waals surface area (Å²) in [6.45, 7) is 0.180.